The molecule has 0 spiro atoms. The van der Waals surface area contributed by atoms with Crippen LogP contribution in [0.5, 0.6) is 0 Å². The normalized spacial score (nSPS) is 48.8. The molecule has 15 unspecified atom stereocenters. The highest BCUT2D eigenvalue weighted by atomic mass is 16.7. The van der Waals surface area contributed by atoms with Gasteiger partial charge in [0.1, 0.15) is 29.7 Å². The standard InChI is InChI=1S/C37H67NO13.H2O/c1-14-25-37(10,45)30(41)20(4)27(39)18(2)16-35(8,44)32(51-34-28(40)24(38(11)12)15-19(3)47-34)21(5)29(22(6)33(43)49-25)50-26-17-36(9,46-13)31(42)23(7)48-26;/h18-26,28-32,34,40-42,44-45H,14-17H2,1-13H3;1H2/t18?,19?,20?,21?,22?,23?,24?,25?,26-,28?,29?,30?,31?,32-,34+,35?,36?,37?;/m0./s1. The topological polar surface area (TPSA) is 225 Å². The Morgan fingerprint density at radius 3 is 2.02 bits per heavy atom. The third-order valence-electron chi connectivity index (χ3n) is 11.8. The van der Waals surface area contributed by atoms with Crippen LogP contribution in [0.1, 0.15) is 94.9 Å². The molecule has 0 aromatic carbocycles. The Labute approximate surface area is 309 Å². The number of carbonyl (C=O) groups is 2. The number of aliphatic hydroxyl groups excluding tert-OH is 3. The Morgan fingerprint density at radius 2 is 1.48 bits per heavy atom. The molecule has 0 bridgehead atoms. The van der Waals surface area contributed by atoms with E-state index in [4.69, 9.17) is 28.4 Å². The Morgan fingerprint density at radius 1 is 0.885 bits per heavy atom. The molecule has 0 amide bonds. The average Bonchev–Trinajstić information content (AvgIpc) is 3.05. The molecule has 3 aliphatic rings. The number of hydrogen-bond acceptors (Lipinski definition) is 14. The van der Waals surface area contributed by atoms with E-state index in [2.05, 4.69) is 0 Å². The van der Waals surface area contributed by atoms with Gasteiger partial charge >= 0.3 is 5.97 Å². The number of likely N-dealkylation sites (N-methyl/N-ethyl adjacent to an activating group) is 1. The quantitative estimate of drug-likeness (QED) is 0.229. The number of ether oxygens (including phenoxy) is 6. The molecule has 0 aromatic heterocycles. The second-order valence-corrected chi connectivity index (χ2v) is 16.5. The van der Waals surface area contributed by atoms with Gasteiger partial charge in [0, 0.05) is 37.3 Å². The lowest BCUT2D eigenvalue weighted by Gasteiger charge is -2.49. The van der Waals surface area contributed by atoms with Crippen LogP contribution >= 0.6 is 0 Å². The summed E-state index contributed by atoms with van der Waals surface area (Å²) in [5, 5.41) is 57.6. The molecule has 3 rings (SSSR count). The maximum Gasteiger partial charge on any atom is 0.311 e. The van der Waals surface area contributed by atoms with E-state index in [-0.39, 0.29) is 36.9 Å². The molecule has 15 heteroatoms. The summed E-state index contributed by atoms with van der Waals surface area (Å²) in [4.78, 5) is 29.8. The predicted molar refractivity (Wildman–Crippen MR) is 190 cm³/mol. The van der Waals surface area contributed by atoms with Crippen molar-refractivity contribution in [3.8, 4) is 0 Å². The SMILES string of the molecule is CCC1OC(=O)C(C)C(O[C@H]2CC(C)(OC)C(O)C(C)O2)C(C)[C@H](O[C@H]2OC(C)CC(N(C)C)C2O)C(C)(O)CC(C)C(=O)C(C)C(O)C1(C)O.O. The second kappa shape index (κ2) is 18.1. The van der Waals surface area contributed by atoms with E-state index in [9.17, 15) is 35.1 Å². The third kappa shape index (κ3) is 9.90. The van der Waals surface area contributed by atoms with Gasteiger partial charge in [0.25, 0.3) is 0 Å². The monoisotopic (exact) mass is 751 g/mol. The minimum absolute atomic E-state index is 0. The number of nitrogens with zero attached hydrogens (tertiary/aromatic N) is 1. The summed E-state index contributed by atoms with van der Waals surface area (Å²) in [6, 6.07) is -0.324. The summed E-state index contributed by atoms with van der Waals surface area (Å²) in [7, 11) is 5.18. The van der Waals surface area contributed by atoms with Crippen LogP contribution in [0.3, 0.4) is 0 Å². The van der Waals surface area contributed by atoms with Gasteiger partial charge in [-0.2, -0.15) is 0 Å². The van der Waals surface area contributed by atoms with Gasteiger partial charge < -0.3 is 64.3 Å². The number of rotatable bonds is 7. The van der Waals surface area contributed by atoms with Crippen molar-refractivity contribution < 1.29 is 69.0 Å². The highest BCUT2D eigenvalue weighted by molar-refractivity contribution is 5.83. The smallest absolute Gasteiger partial charge is 0.311 e. The van der Waals surface area contributed by atoms with Crippen molar-refractivity contribution in [3.05, 3.63) is 0 Å². The fourth-order valence-corrected chi connectivity index (χ4v) is 8.41. The zero-order valence-electron chi connectivity index (χ0n) is 33.4. The van der Waals surface area contributed by atoms with Crippen molar-refractivity contribution in [1.82, 2.24) is 4.90 Å². The number of carbonyl (C=O) groups excluding carboxylic acids is 2. The number of cyclic esters (lactones) is 1. The predicted octanol–water partition coefficient (Wildman–Crippen LogP) is 0.961. The minimum Gasteiger partial charge on any atom is -0.459 e. The van der Waals surface area contributed by atoms with Crippen molar-refractivity contribution in [1.29, 1.82) is 0 Å². The molecule has 0 radical (unpaired) electrons. The number of ketones is 1. The van der Waals surface area contributed by atoms with E-state index in [0.717, 1.165) is 0 Å². The van der Waals surface area contributed by atoms with Gasteiger partial charge in [-0.1, -0.05) is 27.7 Å². The Balaban J connectivity index is 0.00000936. The van der Waals surface area contributed by atoms with Gasteiger partial charge in [0.15, 0.2) is 12.6 Å². The largest absolute Gasteiger partial charge is 0.459 e. The van der Waals surface area contributed by atoms with Crippen LogP contribution in [0.15, 0.2) is 0 Å². The van der Waals surface area contributed by atoms with Crippen LogP contribution in [0.4, 0.5) is 0 Å². The molecule has 3 aliphatic heterocycles. The fraction of sp³-hybridized carbons (Fsp3) is 0.946. The maximum atomic E-state index is 14.1. The zero-order valence-corrected chi connectivity index (χ0v) is 33.4. The summed E-state index contributed by atoms with van der Waals surface area (Å²) in [5.74, 6) is -4.98. The van der Waals surface area contributed by atoms with Crippen molar-refractivity contribution in [2.75, 3.05) is 21.2 Å². The average molecular weight is 752 g/mol. The molecule has 0 aromatic rings. The molecule has 18 atom stereocenters. The van der Waals surface area contributed by atoms with Gasteiger partial charge in [0.05, 0.1) is 47.6 Å². The van der Waals surface area contributed by atoms with Crippen molar-refractivity contribution in [2.45, 2.75) is 179 Å². The molecular formula is C37H69NO14. The van der Waals surface area contributed by atoms with Crippen LogP contribution in [-0.2, 0) is 38.0 Å². The van der Waals surface area contributed by atoms with Gasteiger partial charge in [-0.3, -0.25) is 9.59 Å². The lowest BCUT2D eigenvalue weighted by atomic mass is 9.74. The first kappa shape index (κ1) is 46.8. The first-order valence-corrected chi connectivity index (χ1v) is 18.5. The summed E-state index contributed by atoms with van der Waals surface area (Å²) < 4.78 is 37.1. The van der Waals surface area contributed by atoms with Crippen LogP contribution in [0.2, 0.25) is 0 Å². The van der Waals surface area contributed by atoms with E-state index < -0.39 is 108 Å². The maximum absolute atomic E-state index is 14.1. The molecule has 3 fully saturated rings. The van der Waals surface area contributed by atoms with Gasteiger partial charge in [0.2, 0.25) is 0 Å². The van der Waals surface area contributed by atoms with E-state index in [1.54, 1.807) is 41.5 Å². The van der Waals surface area contributed by atoms with Gasteiger partial charge in [-0.05, 0) is 74.9 Å². The number of esters is 1. The summed E-state index contributed by atoms with van der Waals surface area (Å²) in [5.41, 5.74) is -4.84. The van der Waals surface area contributed by atoms with Crippen LogP contribution in [0, 0.1) is 23.7 Å². The van der Waals surface area contributed by atoms with Crippen molar-refractivity contribution in [2.24, 2.45) is 23.7 Å². The van der Waals surface area contributed by atoms with Crippen molar-refractivity contribution >= 4 is 11.8 Å². The van der Waals surface area contributed by atoms with E-state index >= 15 is 0 Å². The molecule has 3 heterocycles. The molecular weight excluding hydrogens is 682 g/mol. The number of Topliss-reactive ketones (excluding diaryl/α,β-unsaturated/α-hetero) is 1. The van der Waals surface area contributed by atoms with Crippen LogP contribution < -0.4 is 0 Å². The molecule has 52 heavy (non-hydrogen) atoms. The fourth-order valence-electron chi connectivity index (χ4n) is 8.41. The first-order valence-electron chi connectivity index (χ1n) is 18.5. The van der Waals surface area contributed by atoms with E-state index in [1.165, 1.54) is 27.9 Å². The molecule has 15 nitrogen and oxygen atoms in total. The molecule has 306 valence electrons. The van der Waals surface area contributed by atoms with Gasteiger partial charge in [-0.15, -0.1) is 0 Å². The second-order valence-electron chi connectivity index (χ2n) is 16.5. The zero-order chi connectivity index (χ0) is 39.0. The highest BCUT2D eigenvalue weighted by Crippen LogP contribution is 2.40. The summed E-state index contributed by atoms with van der Waals surface area (Å²) in [6.07, 6.45) is -9.71. The van der Waals surface area contributed by atoms with Crippen LogP contribution in [0.25, 0.3) is 0 Å². The number of hydrogen-bond donors (Lipinski definition) is 5. The minimum atomic E-state index is -1.99. The summed E-state index contributed by atoms with van der Waals surface area (Å²) in [6.45, 7) is 16.3. The lowest BCUT2D eigenvalue weighted by Crippen LogP contribution is -2.61. The highest BCUT2D eigenvalue weighted by Gasteiger charge is 2.53. The molecule has 0 saturated carbocycles. The number of methoxy groups -OCH3 is 1. The molecule has 0 aliphatic carbocycles. The first-order chi connectivity index (χ1) is 23.4. The Hall–Kier alpha value is -1.34. The molecule has 7 N–H and O–H groups in total. The third-order valence-corrected chi connectivity index (χ3v) is 11.8. The number of aliphatic hydroxyl groups is 5. The van der Waals surface area contributed by atoms with E-state index in [1.807, 2.05) is 25.9 Å². The molecule has 3 saturated heterocycles. The summed E-state index contributed by atoms with van der Waals surface area (Å²) >= 11 is 0. The van der Waals surface area contributed by atoms with Crippen LogP contribution in [-0.4, -0.2) is 153 Å². The lowest BCUT2D eigenvalue weighted by molar-refractivity contribution is -0.318. The van der Waals surface area contributed by atoms with E-state index in [0.29, 0.717) is 6.42 Å². The van der Waals surface area contributed by atoms with Crippen molar-refractivity contribution in [3.63, 3.8) is 0 Å². The van der Waals surface area contributed by atoms with Gasteiger partial charge in [-0.25, -0.2) is 0 Å². The Kier molecular flexibility index (Phi) is 16.3. The Bertz CT molecular complexity index is 1170.